The average molecular weight is 291 g/mol. The molecule has 0 saturated carbocycles. The third-order valence-corrected chi connectivity index (χ3v) is 4.26. The minimum Gasteiger partial charge on any atom is -0.316 e. The third kappa shape index (κ3) is 4.24. The van der Waals surface area contributed by atoms with Crippen molar-refractivity contribution in [2.24, 2.45) is 0 Å². The summed E-state index contributed by atoms with van der Waals surface area (Å²) in [6.07, 6.45) is 0. The smallest absolute Gasteiger partial charge is 0.241 e. The summed E-state index contributed by atoms with van der Waals surface area (Å²) in [5.74, 6) is 0. The Kier molecular flexibility index (Phi) is 4.78. The number of halogens is 1. The minimum absolute atomic E-state index is 0.229. The molecule has 18 heavy (non-hydrogen) atoms. The number of hydrogen-bond acceptors (Lipinski definition) is 3. The molecule has 0 fully saturated rings. The van der Waals surface area contributed by atoms with Gasteiger partial charge in [0.15, 0.2) is 0 Å². The van der Waals surface area contributed by atoms with E-state index >= 15 is 0 Å². The zero-order chi connectivity index (χ0) is 14.0. The molecule has 0 aliphatic rings. The molecule has 0 heterocycles. The van der Waals surface area contributed by atoms with Crippen LogP contribution in [-0.4, -0.2) is 21.0 Å². The molecule has 1 aromatic rings. The molecule has 1 rings (SSSR count). The van der Waals surface area contributed by atoms with Gasteiger partial charge in [-0.15, -0.1) is 0 Å². The van der Waals surface area contributed by atoms with E-state index in [1.165, 1.54) is 6.07 Å². The van der Waals surface area contributed by atoms with Crippen LogP contribution < -0.4 is 10.0 Å². The molecule has 102 valence electrons. The summed E-state index contributed by atoms with van der Waals surface area (Å²) in [5.41, 5.74) is 0.248. The fourth-order valence-electron chi connectivity index (χ4n) is 1.51. The molecule has 0 aliphatic carbocycles. The second kappa shape index (κ2) is 5.57. The van der Waals surface area contributed by atoms with E-state index < -0.39 is 15.6 Å². The Balaban J connectivity index is 3.14. The zero-order valence-corrected chi connectivity index (χ0v) is 12.6. The number of benzene rings is 1. The molecule has 6 heteroatoms. The fourth-order valence-corrected chi connectivity index (χ4v) is 3.16. The number of sulfonamides is 1. The lowest BCUT2D eigenvalue weighted by molar-refractivity contribution is 0.491. The fraction of sp³-hybridized carbons (Fsp3) is 0.500. The highest BCUT2D eigenvalue weighted by Crippen LogP contribution is 2.21. The lowest BCUT2D eigenvalue weighted by Crippen LogP contribution is -2.40. The van der Waals surface area contributed by atoms with Gasteiger partial charge in [0.1, 0.15) is 0 Å². The van der Waals surface area contributed by atoms with Crippen molar-refractivity contribution in [2.45, 2.75) is 37.8 Å². The van der Waals surface area contributed by atoms with E-state index in [2.05, 4.69) is 10.0 Å². The molecule has 0 radical (unpaired) electrons. The highest BCUT2D eigenvalue weighted by atomic mass is 35.5. The Morgan fingerprint density at radius 3 is 2.39 bits per heavy atom. The van der Waals surface area contributed by atoms with Crippen LogP contribution in [-0.2, 0) is 16.6 Å². The number of hydrogen-bond donors (Lipinski definition) is 2. The summed E-state index contributed by atoms with van der Waals surface area (Å²) in [6, 6.07) is 4.70. The van der Waals surface area contributed by atoms with Crippen LogP contribution in [0.5, 0.6) is 0 Å². The average Bonchev–Trinajstić information content (AvgIpc) is 2.17. The van der Waals surface area contributed by atoms with E-state index in [9.17, 15) is 8.42 Å². The Bertz CT molecular complexity index is 521. The van der Waals surface area contributed by atoms with E-state index in [-0.39, 0.29) is 4.90 Å². The normalized spacial score (nSPS) is 12.7. The first-order valence-corrected chi connectivity index (χ1v) is 7.49. The molecule has 0 saturated heterocycles. The highest BCUT2D eigenvalue weighted by molar-refractivity contribution is 7.89. The second-order valence-electron chi connectivity index (χ2n) is 5.14. The first-order chi connectivity index (χ1) is 8.15. The Hall–Kier alpha value is -0.620. The first kappa shape index (κ1) is 15.4. The summed E-state index contributed by atoms with van der Waals surface area (Å²) in [4.78, 5) is 0.229. The molecule has 4 nitrogen and oxygen atoms in total. The summed E-state index contributed by atoms with van der Waals surface area (Å²) in [6.45, 7) is 5.93. The van der Waals surface area contributed by atoms with Crippen LogP contribution >= 0.6 is 11.6 Å². The van der Waals surface area contributed by atoms with E-state index in [1.54, 1.807) is 40.0 Å². The molecule has 0 amide bonds. The molecule has 2 N–H and O–H groups in total. The Morgan fingerprint density at radius 1 is 1.28 bits per heavy atom. The Morgan fingerprint density at radius 2 is 1.89 bits per heavy atom. The minimum atomic E-state index is -3.51. The van der Waals surface area contributed by atoms with Crippen LogP contribution in [0.25, 0.3) is 0 Å². The largest absolute Gasteiger partial charge is 0.316 e. The van der Waals surface area contributed by atoms with Crippen molar-refractivity contribution < 1.29 is 8.42 Å². The van der Waals surface area contributed by atoms with Crippen LogP contribution in [0.3, 0.4) is 0 Å². The maximum atomic E-state index is 12.1. The van der Waals surface area contributed by atoms with Gasteiger partial charge in [0.2, 0.25) is 10.0 Å². The Labute approximate surface area is 114 Å². The van der Waals surface area contributed by atoms with Gasteiger partial charge in [0.05, 0.1) is 4.90 Å². The quantitative estimate of drug-likeness (QED) is 0.893. The van der Waals surface area contributed by atoms with E-state index in [4.69, 9.17) is 11.6 Å². The molecule has 0 unspecified atom stereocenters. The van der Waals surface area contributed by atoms with Crippen LogP contribution in [0.15, 0.2) is 23.1 Å². The highest BCUT2D eigenvalue weighted by Gasteiger charge is 2.22. The predicted molar refractivity (Wildman–Crippen MR) is 74.3 cm³/mol. The van der Waals surface area contributed by atoms with Gasteiger partial charge >= 0.3 is 0 Å². The summed E-state index contributed by atoms with van der Waals surface area (Å²) >= 11 is 6.00. The van der Waals surface area contributed by atoms with Crippen LogP contribution in [0.1, 0.15) is 26.3 Å². The topological polar surface area (TPSA) is 58.2 Å². The molecule has 0 atom stereocenters. The maximum absolute atomic E-state index is 12.1. The van der Waals surface area contributed by atoms with Gasteiger partial charge in [-0.1, -0.05) is 11.6 Å². The van der Waals surface area contributed by atoms with Gasteiger partial charge in [-0.05, 0) is 51.6 Å². The molecular formula is C12H19ClN2O2S. The van der Waals surface area contributed by atoms with Gasteiger partial charge < -0.3 is 5.32 Å². The van der Waals surface area contributed by atoms with Gasteiger partial charge in [-0.2, -0.15) is 0 Å². The predicted octanol–water partition coefficient (Wildman–Crippen LogP) is 2.14. The molecular weight excluding hydrogens is 272 g/mol. The van der Waals surface area contributed by atoms with Crippen molar-refractivity contribution in [3.63, 3.8) is 0 Å². The van der Waals surface area contributed by atoms with Crippen molar-refractivity contribution in [1.29, 1.82) is 0 Å². The summed E-state index contributed by atoms with van der Waals surface area (Å²) in [5, 5.41) is 3.51. The molecule has 0 aliphatic heterocycles. The van der Waals surface area contributed by atoms with E-state index in [1.807, 2.05) is 0 Å². The standard InChI is InChI=1S/C12H19ClN2O2S/c1-12(2,3)15-18(16,17)10-5-6-11(13)9(7-10)8-14-4/h5-7,14-15H,8H2,1-4H3. The van der Waals surface area contributed by atoms with Gasteiger partial charge in [-0.25, -0.2) is 13.1 Å². The summed E-state index contributed by atoms with van der Waals surface area (Å²) < 4.78 is 26.9. The molecule has 0 aromatic heterocycles. The van der Waals surface area contributed by atoms with Crippen molar-refractivity contribution in [2.75, 3.05) is 7.05 Å². The van der Waals surface area contributed by atoms with Crippen molar-refractivity contribution in [3.05, 3.63) is 28.8 Å². The molecule has 0 bridgehead atoms. The number of nitrogens with one attached hydrogen (secondary N) is 2. The third-order valence-electron chi connectivity index (χ3n) is 2.14. The van der Waals surface area contributed by atoms with Crippen molar-refractivity contribution in [3.8, 4) is 0 Å². The van der Waals surface area contributed by atoms with Gasteiger partial charge in [-0.3, -0.25) is 0 Å². The van der Waals surface area contributed by atoms with Gasteiger partial charge in [0, 0.05) is 17.1 Å². The molecule has 0 spiro atoms. The summed E-state index contributed by atoms with van der Waals surface area (Å²) in [7, 11) is -1.73. The lowest BCUT2D eigenvalue weighted by atomic mass is 10.1. The SMILES string of the molecule is CNCc1cc(S(=O)(=O)NC(C)(C)C)ccc1Cl. The van der Waals surface area contributed by atoms with Gasteiger partial charge in [0.25, 0.3) is 0 Å². The maximum Gasteiger partial charge on any atom is 0.241 e. The van der Waals surface area contributed by atoms with Crippen molar-refractivity contribution in [1.82, 2.24) is 10.0 Å². The second-order valence-corrected chi connectivity index (χ2v) is 7.23. The molecule has 1 aromatic carbocycles. The number of rotatable bonds is 4. The van der Waals surface area contributed by atoms with Crippen LogP contribution in [0.2, 0.25) is 5.02 Å². The monoisotopic (exact) mass is 290 g/mol. The lowest BCUT2D eigenvalue weighted by Gasteiger charge is -2.20. The zero-order valence-electron chi connectivity index (χ0n) is 11.0. The van der Waals surface area contributed by atoms with Crippen LogP contribution in [0, 0.1) is 0 Å². The van der Waals surface area contributed by atoms with E-state index in [0.717, 1.165) is 5.56 Å². The first-order valence-electron chi connectivity index (χ1n) is 5.63. The van der Waals surface area contributed by atoms with E-state index in [0.29, 0.717) is 11.6 Å². The van der Waals surface area contributed by atoms with Crippen LogP contribution in [0.4, 0.5) is 0 Å². The van der Waals surface area contributed by atoms with Crippen molar-refractivity contribution >= 4 is 21.6 Å².